The smallest absolute Gasteiger partial charge is 0.292 e. The van der Waals surface area contributed by atoms with Crippen LogP contribution in [0.1, 0.15) is 22.5 Å². The van der Waals surface area contributed by atoms with Crippen LogP contribution in [-0.4, -0.2) is 41.5 Å². The van der Waals surface area contributed by atoms with Gasteiger partial charge in [-0.1, -0.05) is 5.16 Å². The molecule has 0 aliphatic carbocycles. The number of aromatic nitrogens is 1. The molecule has 1 N–H and O–H groups in total. The SMILES string of the molecule is Cc1cnoc1C(=O)N1CCNC(=O)CC1. The monoisotopic (exact) mass is 223 g/mol. The zero-order valence-corrected chi connectivity index (χ0v) is 9.02. The van der Waals surface area contributed by atoms with Gasteiger partial charge in [0.25, 0.3) is 5.91 Å². The molecule has 0 atom stereocenters. The van der Waals surface area contributed by atoms with Gasteiger partial charge in [-0.3, -0.25) is 9.59 Å². The van der Waals surface area contributed by atoms with Crippen molar-refractivity contribution in [3.05, 3.63) is 17.5 Å². The van der Waals surface area contributed by atoms with Gasteiger partial charge in [0.15, 0.2) is 0 Å². The molecule has 0 radical (unpaired) electrons. The van der Waals surface area contributed by atoms with Gasteiger partial charge in [-0.05, 0) is 6.92 Å². The van der Waals surface area contributed by atoms with Gasteiger partial charge >= 0.3 is 0 Å². The Morgan fingerprint density at radius 2 is 2.38 bits per heavy atom. The summed E-state index contributed by atoms with van der Waals surface area (Å²) >= 11 is 0. The standard InChI is InChI=1S/C10H13N3O3/c1-7-6-12-16-9(7)10(15)13-4-2-8(14)11-3-5-13/h6H,2-5H2,1H3,(H,11,14). The molecule has 0 unspecified atom stereocenters. The van der Waals surface area contributed by atoms with Gasteiger partial charge in [-0.2, -0.15) is 0 Å². The summed E-state index contributed by atoms with van der Waals surface area (Å²) in [5.41, 5.74) is 0.716. The van der Waals surface area contributed by atoms with E-state index in [1.807, 2.05) is 0 Å². The van der Waals surface area contributed by atoms with Crippen LogP contribution >= 0.6 is 0 Å². The van der Waals surface area contributed by atoms with Crippen LogP contribution in [0, 0.1) is 6.92 Å². The van der Waals surface area contributed by atoms with Gasteiger partial charge < -0.3 is 14.7 Å². The van der Waals surface area contributed by atoms with E-state index in [0.717, 1.165) is 0 Å². The number of aryl methyl sites for hydroxylation is 1. The zero-order valence-electron chi connectivity index (χ0n) is 9.02. The Balaban J connectivity index is 2.10. The Kier molecular flexibility index (Phi) is 2.89. The average molecular weight is 223 g/mol. The van der Waals surface area contributed by atoms with Crippen molar-refractivity contribution in [2.24, 2.45) is 0 Å². The lowest BCUT2D eigenvalue weighted by Gasteiger charge is -2.17. The summed E-state index contributed by atoms with van der Waals surface area (Å²) in [6.07, 6.45) is 1.84. The van der Waals surface area contributed by atoms with Gasteiger partial charge in [0.05, 0.1) is 6.20 Å². The molecule has 1 aliphatic rings. The predicted molar refractivity (Wildman–Crippen MR) is 54.8 cm³/mol. The number of nitrogens with zero attached hydrogens (tertiary/aromatic N) is 2. The molecule has 2 rings (SSSR count). The molecule has 0 bridgehead atoms. The first-order valence-corrected chi connectivity index (χ1v) is 5.15. The van der Waals surface area contributed by atoms with Crippen molar-refractivity contribution in [2.75, 3.05) is 19.6 Å². The van der Waals surface area contributed by atoms with E-state index in [0.29, 0.717) is 31.6 Å². The third-order valence-electron chi connectivity index (χ3n) is 2.54. The van der Waals surface area contributed by atoms with Crippen molar-refractivity contribution in [1.82, 2.24) is 15.4 Å². The van der Waals surface area contributed by atoms with Crippen molar-refractivity contribution in [1.29, 1.82) is 0 Å². The van der Waals surface area contributed by atoms with Gasteiger partial charge in [0.1, 0.15) is 0 Å². The van der Waals surface area contributed by atoms with E-state index in [1.165, 1.54) is 6.20 Å². The van der Waals surface area contributed by atoms with Crippen LogP contribution in [0.2, 0.25) is 0 Å². The second-order valence-electron chi connectivity index (χ2n) is 3.73. The number of carbonyl (C=O) groups excluding carboxylic acids is 2. The van der Waals surface area contributed by atoms with Crippen molar-refractivity contribution in [3.63, 3.8) is 0 Å². The number of rotatable bonds is 1. The lowest BCUT2D eigenvalue weighted by Crippen LogP contribution is -2.34. The fraction of sp³-hybridized carbons (Fsp3) is 0.500. The number of nitrogens with one attached hydrogen (secondary N) is 1. The summed E-state index contributed by atoms with van der Waals surface area (Å²) in [7, 11) is 0. The predicted octanol–water partition coefficient (Wildman–Crippen LogP) is -0.0549. The molecule has 1 aliphatic heterocycles. The van der Waals surface area contributed by atoms with Gasteiger partial charge in [-0.25, -0.2) is 0 Å². The summed E-state index contributed by atoms with van der Waals surface area (Å²) in [6.45, 7) is 3.18. The fourth-order valence-corrected chi connectivity index (χ4v) is 1.61. The minimum atomic E-state index is -0.202. The molecule has 1 aromatic rings. The minimum absolute atomic E-state index is 0.0235. The maximum absolute atomic E-state index is 12.0. The Hall–Kier alpha value is -1.85. The van der Waals surface area contributed by atoms with E-state index in [-0.39, 0.29) is 17.6 Å². The Morgan fingerprint density at radius 1 is 1.56 bits per heavy atom. The molecule has 86 valence electrons. The van der Waals surface area contributed by atoms with Crippen LogP contribution in [-0.2, 0) is 4.79 Å². The maximum atomic E-state index is 12.0. The minimum Gasteiger partial charge on any atom is -0.354 e. The van der Waals surface area contributed by atoms with Crippen molar-refractivity contribution in [3.8, 4) is 0 Å². The molecule has 6 nitrogen and oxygen atoms in total. The molecule has 0 saturated carbocycles. The van der Waals surface area contributed by atoms with E-state index < -0.39 is 0 Å². The van der Waals surface area contributed by atoms with E-state index in [9.17, 15) is 9.59 Å². The number of amides is 2. The van der Waals surface area contributed by atoms with Crippen LogP contribution in [0.4, 0.5) is 0 Å². The highest BCUT2D eigenvalue weighted by molar-refractivity contribution is 5.93. The van der Waals surface area contributed by atoms with Crippen LogP contribution in [0.5, 0.6) is 0 Å². The van der Waals surface area contributed by atoms with Crippen molar-refractivity contribution in [2.45, 2.75) is 13.3 Å². The average Bonchev–Trinajstić information content (AvgIpc) is 2.56. The molecule has 2 heterocycles. The Morgan fingerprint density at radius 3 is 3.06 bits per heavy atom. The van der Waals surface area contributed by atoms with E-state index >= 15 is 0 Å². The Bertz CT molecular complexity index is 413. The van der Waals surface area contributed by atoms with E-state index in [2.05, 4.69) is 10.5 Å². The lowest BCUT2D eigenvalue weighted by molar-refractivity contribution is -0.120. The van der Waals surface area contributed by atoms with Crippen LogP contribution < -0.4 is 5.32 Å². The summed E-state index contributed by atoms with van der Waals surface area (Å²) in [5.74, 6) is 0.0328. The highest BCUT2D eigenvalue weighted by Gasteiger charge is 2.23. The Labute approximate surface area is 92.6 Å². The first kappa shape index (κ1) is 10.7. The van der Waals surface area contributed by atoms with Crippen LogP contribution in [0.15, 0.2) is 10.7 Å². The van der Waals surface area contributed by atoms with Crippen LogP contribution in [0.3, 0.4) is 0 Å². The summed E-state index contributed by atoms with van der Waals surface area (Å²) in [5, 5.41) is 6.28. The first-order chi connectivity index (χ1) is 7.68. The summed E-state index contributed by atoms with van der Waals surface area (Å²) < 4.78 is 4.90. The molecule has 1 fully saturated rings. The molecule has 1 aromatic heterocycles. The summed E-state index contributed by atoms with van der Waals surface area (Å²) in [6, 6.07) is 0. The van der Waals surface area contributed by atoms with Gasteiger partial charge in [-0.15, -0.1) is 0 Å². The maximum Gasteiger partial charge on any atom is 0.292 e. The summed E-state index contributed by atoms with van der Waals surface area (Å²) in [4.78, 5) is 24.7. The molecule has 16 heavy (non-hydrogen) atoms. The quantitative estimate of drug-likeness (QED) is 0.724. The normalized spacial score (nSPS) is 16.8. The molecule has 0 aromatic carbocycles. The number of carbonyl (C=O) groups is 2. The van der Waals surface area contributed by atoms with E-state index in [1.54, 1.807) is 11.8 Å². The molecule has 0 spiro atoms. The fourth-order valence-electron chi connectivity index (χ4n) is 1.61. The van der Waals surface area contributed by atoms with Crippen molar-refractivity contribution < 1.29 is 14.1 Å². The third kappa shape index (κ3) is 2.05. The molecule has 1 saturated heterocycles. The largest absolute Gasteiger partial charge is 0.354 e. The molecule has 6 heteroatoms. The van der Waals surface area contributed by atoms with Crippen molar-refractivity contribution >= 4 is 11.8 Å². The lowest BCUT2D eigenvalue weighted by atomic mass is 10.2. The highest BCUT2D eigenvalue weighted by atomic mass is 16.5. The molecular formula is C10H13N3O3. The number of hydrogen-bond acceptors (Lipinski definition) is 4. The number of hydrogen-bond donors (Lipinski definition) is 1. The van der Waals surface area contributed by atoms with Crippen LogP contribution in [0.25, 0.3) is 0 Å². The zero-order chi connectivity index (χ0) is 11.5. The van der Waals surface area contributed by atoms with Gasteiger partial charge in [0, 0.05) is 31.6 Å². The highest BCUT2D eigenvalue weighted by Crippen LogP contribution is 2.10. The third-order valence-corrected chi connectivity index (χ3v) is 2.54. The second kappa shape index (κ2) is 4.34. The molecule has 2 amide bonds. The van der Waals surface area contributed by atoms with Gasteiger partial charge in [0.2, 0.25) is 11.7 Å². The topological polar surface area (TPSA) is 75.4 Å². The first-order valence-electron chi connectivity index (χ1n) is 5.15. The molecular weight excluding hydrogens is 210 g/mol. The van der Waals surface area contributed by atoms with E-state index in [4.69, 9.17) is 4.52 Å². The second-order valence-corrected chi connectivity index (χ2v) is 3.73.